The minimum absolute atomic E-state index is 0.0399. The van der Waals surface area contributed by atoms with Crippen LogP contribution in [0.25, 0.3) is 27.5 Å². The predicted molar refractivity (Wildman–Crippen MR) is 213 cm³/mol. The topological polar surface area (TPSA) is 3.24 Å². The summed E-state index contributed by atoms with van der Waals surface area (Å²) in [5.74, 6) is 2.23. The molecule has 0 saturated heterocycles. The second-order valence-corrected chi connectivity index (χ2v) is 22.5. The van der Waals surface area contributed by atoms with Gasteiger partial charge in [-0.05, 0) is 119 Å². The molecule has 4 aliphatic carbocycles. The van der Waals surface area contributed by atoms with E-state index in [-0.39, 0.29) is 11.0 Å². The van der Waals surface area contributed by atoms with Gasteiger partial charge in [-0.15, -0.1) is 0 Å². The van der Waals surface area contributed by atoms with E-state index in [1.54, 1.807) is 5.57 Å². The first kappa shape index (κ1) is 33.0. The predicted octanol–water partition coefficient (Wildman–Crippen LogP) is 12.8. The summed E-state index contributed by atoms with van der Waals surface area (Å²) in [5.41, 5.74) is 11.1. The Morgan fingerprint density at radius 2 is 1.43 bits per heavy atom. The summed E-state index contributed by atoms with van der Waals surface area (Å²) >= 11 is 0. The largest absolute Gasteiger partial charge is 0.316 e. The van der Waals surface area contributed by atoms with Crippen LogP contribution < -0.4 is 0 Å². The lowest BCUT2D eigenvalue weighted by Crippen LogP contribution is -2.65. The zero-order valence-corrected chi connectivity index (χ0v) is 32.3. The SMILES string of the molecule is CC1C(c2ccccc2)C2C=C3C(=CC2C1[Si](C)(C)N(C1CCCCC1)C(C)(C)C)c1ccc(-c2cccc4ccccc24)cc1C3(C)C. The molecule has 0 amide bonds. The zero-order chi connectivity index (χ0) is 34.3. The van der Waals surface area contributed by atoms with E-state index in [0.717, 1.165) is 6.04 Å². The van der Waals surface area contributed by atoms with Gasteiger partial charge >= 0.3 is 0 Å². The maximum Gasteiger partial charge on any atom is 0.127 e. The van der Waals surface area contributed by atoms with Gasteiger partial charge in [-0.1, -0.05) is 150 Å². The smallest absolute Gasteiger partial charge is 0.127 e. The van der Waals surface area contributed by atoms with E-state index in [2.05, 4.69) is 162 Å². The summed E-state index contributed by atoms with van der Waals surface area (Å²) in [6.07, 6.45) is 12.6. The Hall–Kier alpha value is -3.20. The van der Waals surface area contributed by atoms with Crippen LogP contribution in [0.4, 0.5) is 0 Å². The second-order valence-electron chi connectivity index (χ2n) is 18.0. The van der Waals surface area contributed by atoms with Gasteiger partial charge in [0.15, 0.2) is 0 Å². The van der Waals surface area contributed by atoms with Crippen LogP contribution in [0.5, 0.6) is 0 Å². The van der Waals surface area contributed by atoms with Crippen LogP contribution in [-0.2, 0) is 5.41 Å². The van der Waals surface area contributed by atoms with Crippen LogP contribution in [0.15, 0.2) is 109 Å². The van der Waals surface area contributed by atoms with Crippen molar-refractivity contribution in [1.82, 2.24) is 4.57 Å². The zero-order valence-electron chi connectivity index (χ0n) is 31.3. The van der Waals surface area contributed by atoms with Crippen molar-refractivity contribution < 1.29 is 0 Å². The number of nitrogens with zero attached hydrogens (tertiary/aromatic N) is 1. The van der Waals surface area contributed by atoms with Crippen LogP contribution in [0.2, 0.25) is 18.6 Å². The van der Waals surface area contributed by atoms with E-state index in [9.17, 15) is 0 Å². The molecule has 2 fully saturated rings. The highest BCUT2D eigenvalue weighted by molar-refractivity contribution is 6.76. The van der Waals surface area contributed by atoms with E-state index in [1.807, 2.05) is 0 Å². The highest BCUT2D eigenvalue weighted by Crippen LogP contribution is 2.65. The van der Waals surface area contributed by atoms with Gasteiger partial charge in [0, 0.05) is 17.0 Å². The van der Waals surface area contributed by atoms with E-state index in [0.29, 0.717) is 29.2 Å². The lowest BCUT2D eigenvalue weighted by Gasteiger charge is -2.56. The fourth-order valence-corrected chi connectivity index (χ4v) is 18.0. The molecule has 2 saturated carbocycles. The summed E-state index contributed by atoms with van der Waals surface area (Å²) in [6, 6.07) is 35.3. The third-order valence-electron chi connectivity index (χ3n) is 13.5. The Kier molecular flexibility index (Phi) is 8.04. The first-order valence-electron chi connectivity index (χ1n) is 19.3. The maximum absolute atomic E-state index is 3.14. The van der Waals surface area contributed by atoms with Crippen molar-refractivity contribution in [3.05, 3.63) is 125 Å². The normalized spacial score (nSPS) is 26.7. The minimum atomic E-state index is -1.96. The molecule has 0 heterocycles. The molecule has 0 N–H and O–H groups in total. The molecular formula is C47H57NSi. The number of hydrogen-bond donors (Lipinski definition) is 0. The first-order valence-corrected chi connectivity index (χ1v) is 22.3. The average Bonchev–Trinajstić information content (AvgIpc) is 3.49. The van der Waals surface area contributed by atoms with Gasteiger partial charge < -0.3 is 4.57 Å². The fraction of sp³-hybridized carbons (Fsp3) is 0.447. The molecular weight excluding hydrogens is 607 g/mol. The minimum Gasteiger partial charge on any atom is -0.316 e. The van der Waals surface area contributed by atoms with Crippen molar-refractivity contribution in [2.24, 2.45) is 17.8 Å². The molecule has 1 nitrogen and oxygen atoms in total. The molecule has 5 atom stereocenters. The van der Waals surface area contributed by atoms with Crippen LogP contribution in [-0.4, -0.2) is 24.4 Å². The van der Waals surface area contributed by atoms with Gasteiger partial charge in [-0.3, -0.25) is 0 Å². The fourth-order valence-electron chi connectivity index (χ4n) is 12.0. The van der Waals surface area contributed by atoms with E-state index in [4.69, 9.17) is 0 Å². The van der Waals surface area contributed by atoms with Gasteiger partial charge in [0.25, 0.3) is 0 Å². The Balaban J connectivity index is 1.27. The van der Waals surface area contributed by atoms with Crippen molar-refractivity contribution in [1.29, 1.82) is 0 Å². The Labute approximate surface area is 297 Å². The van der Waals surface area contributed by atoms with Crippen LogP contribution in [0.3, 0.4) is 0 Å². The Morgan fingerprint density at radius 1 is 0.735 bits per heavy atom. The molecule has 254 valence electrons. The maximum atomic E-state index is 3.14. The lowest BCUT2D eigenvalue weighted by molar-refractivity contribution is 0.138. The number of rotatable bonds is 5. The molecule has 8 rings (SSSR count). The van der Waals surface area contributed by atoms with Crippen LogP contribution >= 0.6 is 0 Å². The van der Waals surface area contributed by atoms with Gasteiger partial charge in [-0.2, -0.15) is 0 Å². The van der Waals surface area contributed by atoms with Gasteiger partial charge in [-0.25, -0.2) is 0 Å². The second kappa shape index (κ2) is 12.0. The molecule has 49 heavy (non-hydrogen) atoms. The molecule has 0 radical (unpaired) electrons. The van der Waals surface area contributed by atoms with Gasteiger partial charge in [0.1, 0.15) is 8.24 Å². The van der Waals surface area contributed by atoms with Gasteiger partial charge in [0.05, 0.1) is 0 Å². The molecule has 4 aliphatic rings. The average molecular weight is 664 g/mol. The third-order valence-corrected chi connectivity index (χ3v) is 18.3. The number of allylic oxidation sites excluding steroid dienone is 4. The summed E-state index contributed by atoms with van der Waals surface area (Å²) in [7, 11) is -1.96. The number of fused-ring (bicyclic) bond motifs is 5. The monoisotopic (exact) mass is 663 g/mol. The van der Waals surface area contributed by atoms with Crippen molar-refractivity contribution in [3.63, 3.8) is 0 Å². The molecule has 0 bridgehead atoms. The van der Waals surface area contributed by atoms with Crippen molar-refractivity contribution >= 4 is 24.6 Å². The number of hydrogen-bond acceptors (Lipinski definition) is 1. The molecule has 4 aromatic carbocycles. The first-order chi connectivity index (χ1) is 23.4. The molecule has 0 aromatic heterocycles. The van der Waals surface area contributed by atoms with E-state index in [1.165, 1.54) is 76.3 Å². The summed E-state index contributed by atoms with van der Waals surface area (Å²) in [4.78, 5) is 0. The lowest BCUT2D eigenvalue weighted by atomic mass is 9.73. The number of benzene rings is 4. The molecule has 0 spiro atoms. The van der Waals surface area contributed by atoms with E-state index < -0.39 is 8.24 Å². The summed E-state index contributed by atoms with van der Waals surface area (Å²) in [6.45, 7) is 20.7. The third kappa shape index (κ3) is 5.27. The molecule has 2 heteroatoms. The van der Waals surface area contributed by atoms with E-state index >= 15 is 0 Å². The van der Waals surface area contributed by atoms with Crippen molar-refractivity contribution in [2.75, 3.05) is 0 Å². The standard InChI is InChI=1S/C47H57NSi/c1-31-44(33-19-11-9-12-20-33)40-30-43-39(29-41(40)45(31)49(7,8)48(46(2,3)4)35-22-13-10-14-23-35)38-27-26-34(28-42(38)47(43,5)6)37-25-17-21-32-18-15-16-24-36(32)37/h9,11-12,15-21,24-31,35,40-41,44-45H,10,13-14,22-23H2,1-8H3. The van der Waals surface area contributed by atoms with Crippen molar-refractivity contribution in [2.45, 2.75) is 115 Å². The van der Waals surface area contributed by atoms with Crippen molar-refractivity contribution in [3.8, 4) is 11.1 Å². The highest BCUT2D eigenvalue weighted by atomic mass is 28.3. The highest BCUT2D eigenvalue weighted by Gasteiger charge is 2.59. The molecule has 0 aliphatic heterocycles. The van der Waals surface area contributed by atoms with Gasteiger partial charge in [0.2, 0.25) is 0 Å². The summed E-state index contributed by atoms with van der Waals surface area (Å²) < 4.78 is 3.14. The quantitative estimate of drug-likeness (QED) is 0.192. The molecule has 5 unspecified atom stereocenters. The van der Waals surface area contributed by atoms with Crippen LogP contribution in [0, 0.1) is 17.8 Å². The Morgan fingerprint density at radius 3 is 2.16 bits per heavy atom. The Bertz CT molecular complexity index is 1930. The van der Waals surface area contributed by atoms with Crippen LogP contribution in [0.1, 0.15) is 96.3 Å². The summed E-state index contributed by atoms with van der Waals surface area (Å²) in [5, 5.41) is 2.64. The molecule has 4 aromatic rings.